The van der Waals surface area contributed by atoms with E-state index in [0.29, 0.717) is 6.92 Å². The Morgan fingerprint density at radius 3 is 2.41 bits per heavy atom. The van der Waals surface area contributed by atoms with Gasteiger partial charge in [-0.15, -0.1) is 10.2 Å². The number of rotatable bonds is 5. The molecule has 0 aliphatic heterocycles. The lowest BCUT2D eigenvalue weighted by Crippen LogP contribution is -2.39. The molecular formula is C21H16F6N6O. The standard InChI is InChI=1S/C21H16F6N6O/c1-19(22,20(23,24)18-32-28-10-33(18)2)11-5-3-6-12(9-11)29-17(34)16-30-14-8-4-7-13(15(14)31-16)21(25,26)27/h3-10H,1-2H3,(H,29,34)(H,30,31). The third-order valence-electron chi connectivity index (χ3n) is 5.28. The van der Waals surface area contributed by atoms with E-state index in [0.717, 1.165) is 35.2 Å². The Morgan fingerprint density at radius 2 is 1.76 bits per heavy atom. The summed E-state index contributed by atoms with van der Waals surface area (Å²) < 4.78 is 85.7. The molecule has 0 spiro atoms. The molecule has 0 saturated carbocycles. The lowest BCUT2D eigenvalue weighted by atomic mass is 9.90. The van der Waals surface area contributed by atoms with E-state index in [9.17, 15) is 26.7 Å². The predicted molar refractivity (Wildman–Crippen MR) is 109 cm³/mol. The number of amides is 1. The molecule has 1 unspecified atom stereocenters. The summed E-state index contributed by atoms with van der Waals surface area (Å²) in [6, 6.07) is 7.96. The molecule has 178 valence electrons. The normalized spacial score (nSPS) is 14.2. The van der Waals surface area contributed by atoms with Crippen molar-refractivity contribution in [2.75, 3.05) is 5.32 Å². The number of carbonyl (C=O) groups is 1. The van der Waals surface area contributed by atoms with E-state index in [1.165, 1.54) is 25.2 Å². The van der Waals surface area contributed by atoms with Gasteiger partial charge in [-0.05, 0) is 36.8 Å². The minimum Gasteiger partial charge on any atom is -0.334 e. The molecule has 13 heteroatoms. The Balaban J connectivity index is 1.63. The fourth-order valence-electron chi connectivity index (χ4n) is 3.41. The SMILES string of the molecule is Cn1cnnc1C(F)(F)C(C)(F)c1cccc(NC(=O)c2nc3c(C(F)(F)F)cccc3[nH]2)c1. The van der Waals surface area contributed by atoms with Crippen molar-refractivity contribution in [1.29, 1.82) is 0 Å². The van der Waals surface area contributed by atoms with E-state index in [-0.39, 0.29) is 11.2 Å². The van der Waals surface area contributed by atoms with E-state index in [2.05, 4.69) is 25.5 Å². The minimum absolute atomic E-state index is 0.0200. The van der Waals surface area contributed by atoms with Gasteiger partial charge in [-0.3, -0.25) is 4.79 Å². The van der Waals surface area contributed by atoms with Crippen LogP contribution in [0.4, 0.5) is 32.0 Å². The fraction of sp³-hybridized carbons (Fsp3) is 0.238. The van der Waals surface area contributed by atoms with Gasteiger partial charge in [0.2, 0.25) is 11.5 Å². The van der Waals surface area contributed by atoms with Gasteiger partial charge in [0, 0.05) is 12.7 Å². The van der Waals surface area contributed by atoms with Gasteiger partial charge < -0.3 is 14.9 Å². The number of aryl methyl sites for hydroxylation is 1. The van der Waals surface area contributed by atoms with Crippen molar-refractivity contribution in [2.45, 2.75) is 24.7 Å². The second-order valence-corrected chi connectivity index (χ2v) is 7.66. The number of H-pyrrole nitrogens is 1. The summed E-state index contributed by atoms with van der Waals surface area (Å²) in [4.78, 5) is 18.8. The smallest absolute Gasteiger partial charge is 0.334 e. The fourth-order valence-corrected chi connectivity index (χ4v) is 3.41. The van der Waals surface area contributed by atoms with Crippen LogP contribution in [0.3, 0.4) is 0 Å². The number of aromatic amines is 1. The van der Waals surface area contributed by atoms with Crippen LogP contribution in [0.5, 0.6) is 0 Å². The maximum absolute atomic E-state index is 15.4. The Kier molecular flexibility index (Phi) is 5.37. The van der Waals surface area contributed by atoms with Crippen LogP contribution in [0.25, 0.3) is 11.0 Å². The summed E-state index contributed by atoms with van der Waals surface area (Å²) in [6.07, 6.45) is -3.68. The van der Waals surface area contributed by atoms with Gasteiger partial charge >= 0.3 is 12.1 Å². The highest BCUT2D eigenvalue weighted by molar-refractivity contribution is 6.03. The monoisotopic (exact) mass is 482 g/mol. The number of nitrogens with one attached hydrogen (secondary N) is 2. The summed E-state index contributed by atoms with van der Waals surface area (Å²) in [5.41, 5.74) is -5.28. The number of alkyl halides is 6. The highest BCUT2D eigenvalue weighted by Crippen LogP contribution is 2.47. The predicted octanol–water partition coefficient (Wildman–Crippen LogP) is 4.94. The van der Waals surface area contributed by atoms with Crippen molar-refractivity contribution < 1.29 is 31.1 Å². The molecule has 0 fully saturated rings. The maximum Gasteiger partial charge on any atom is 0.418 e. The number of para-hydroxylation sites is 1. The summed E-state index contributed by atoms with van der Waals surface area (Å²) in [6.45, 7) is 0.667. The van der Waals surface area contributed by atoms with Gasteiger partial charge in [0.15, 0.2) is 5.82 Å². The molecule has 0 saturated heterocycles. The lowest BCUT2D eigenvalue weighted by molar-refractivity contribution is -0.149. The van der Waals surface area contributed by atoms with Crippen LogP contribution >= 0.6 is 0 Å². The zero-order chi connectivity index (χ0) is 24.9. The summed E-state index contributed by atoms with van der Waals surface area (Å²) in [5.74, 6) is -6.35. The highest BCUT2D eigenvalue weighted by atomic mass is 19.4. The van der Waals surface area contributed by atoms with Gasteiger partial charge in [-0.25, -0.2) is 9.37 Å². The molecule has 7 nitrogen and oxygen atoms in total. The van der Waals surface area contributed by atoms with E-state index in [1.54, 1.807) is 0 Å². The van der Waals surface area contributed by atoms with Crippen LogP contribution in [0.1, 0.15) is 34.5 Å². The second kappa shape index (κ2) is 7.85. The van der Waals surface area contributed by atoms with Crippen molar-refractivity contribution in [2.24, 2.45) is 7.05 Å². The summed E-state index contributed by atoms with van der Waals surface area (Å²) in [7, 11) is 1.24. The topological polar surface area (TPSA) is 88.5 Å². The van der Waals surface area contributed by atoms with E-state index in [4.69, 9.17) is 0 Å². The summed E-state index contributed by atoms with van der Waals surface area (Å²) in [5, 5.41) is 8.98. The first-order valence-corrected chi connectivity index (χ1v) is 9.71. The van der Waals surface area contributed by atoms with Crippen LogP contribution in [0.2, 0.25) is 0 Å². The molecule has 4 aromatic rings. The number of aromatic nitrogens is 5. The Hall–Kier alpha value is -3.90. The molecule has 1 atom stereocenters. The number of carbonyl (C=O) groups excluding carboxylic acids is 1. The molecule has 0 radical (unpaired) electrons. The van der Waals surface area contributed by atoms with Gasteiger partial charge in [0.25, 0.3) is 5.91 Å². The molecule has 34 heavy (non-hydrogen) atoms. The number of fused-ring (bicyclic) bond motifs is 1. The average molecular weight is 482 g/mol. The molecule has 0 aliphatic rings. The van der Waals surface area contributed by atoms with Crippen LogP contribution in [0.15, 0.2) is 48.8 Å². The van der Waals surface area contributed by atoms with Gasteiger partial charge in [-0.1, -0.05) is 18.2 Å². The molecule has 0 bridgehead atoms. The Labute approximate surface area is 187 Å². The van der Waals surface area contributed by atoms with Gasteiger partial charge in [0.05, 0.1) is 11.1 Å². The third kappa shape index (κ3) is 3.86. The zero-order valence-corrected chi connectivity index (χ0v) is 17.6. The van der Waals surface area contributed by atoms with Crippen molar-refractivity contribution in [3.05, 3.63) is 71.6 Å². The number of hydrogen-bond acceptors (Lipinski definition) is 4. The van der Waals surface area contributed by atoms with E-state index < -0.39 is 52.0 Å². The molecule has 2 N–H and O–H groups in total. The molecule has 4 rings (SSSR count). The molecule has 2 aromatic carbocycles. The van der Waals surface area contributed by atoms with Crippen molar-refractivity contribution >= 4 is 22.6 Å². The lowest BCUT2D eigenvalue weighted by Gasteiger charge is -2.29. The largest absolute Gasteiger partial charge is 0.418 e. The van der Waals surface area contributed by atoms with Crippen LogP contribution in [-0.4, -0.2) is 30.6 Å². The zero-order valence-electron chi connectivity index (χ0n) is 17.6. The maximum atomic E-state index is 15.4. The first-order chi connectivity index (χ1) is 15.8. The number of hydrogen-bond donors (Lipinski definition) is 2. The number of nitrogens with zero attached hydrogens (tertiary/aromatic N) is 4. The average Bonchev–Trinajstić information content (AvgIpc) is 3.39. The molecule has 0 aliphatic carbocycles. The highest BCUT2D eigenvalue weighted by Gasteiger charge is 2.56. The minimum atomic E-state index is -4.68. The number of benzene rings is 2. The van der Waals surface area contributed by atoms with Crippen LogP contribution < -0.4 is 5.32 Å². The number of halogens is 6. The number of imidazole rings is 1. The molecule has 2 aromatic heterocycles. The molecular weight excluding hydrogens is 466 g/mol. The van der Waals surface area contributed by atoms with Crippen molar-refractivity contribution in [1.82, 2.24) is 24.7 Å². The van der Waals surface area contributed by atoms with Crippen molar-refractivity contribution in [3.8, 4) is 0 Å². The van der Waals surface area contributed by atoms with E-state index >= 15 is 4.39 Å². The van der Waals surface area contributed by atoms with Gasteiger partial charge in [0.1, 0.15) is 11.8 Å². The van der Waals surface area contributed by atoms with Crippen LogP contribution in [-0.2, 0) is 24.8 Å². The Morgan fingerprint density at radius 1 is 1.06 bits per heavy atom. The first-order valence-electron chi connectivity index (χ1n) is 9.71. The first kappa shape index (κ1) is 23.3. The number of anilines is 1. The quantitative estimate of drug-likeness (QED) is 0.395. The third-order valence-corrected chi connectivity index (χ3v) is 5.28. The van der Waals surface area contributed by atoms with Crippen LogP contribution in [0, 0.1) is 0 Å². The second-order valence-electron chi connectivity index (χ2n) is 7.66. The summed E-state index contributed by atoms with van der Waals surface area (Å²) >= 11 is 0. The molecule has 2 heterocycles. The Bertz CT molecular complexity index is 1370. The van der Waals surface area contributed by atoms with Crippen molar-refractivity contribution in [3.63, 3.8) is 0 Å². The molecule has 1 amide bonds. The van der Waals surface area contributed by atoms with E-state index in [1.807, 2.05) is 0 Å². The van der Waals surface area contributed by atoms with Gasteiger partial charge in [-0.2, -0.15) is 22.0 Å².